The Morgan fingerprint density at radius 2 is 2.16 bits per heavy atom. The number of aliphatic hydroxyl groups is 1. The molecule has 1 N–H and O–H groups in total. The number of benzene rings is 1. The van der Waals surface area contributed by atoms with Crippen LogP contribution >= 0.6 is 0 Å². The van der Waals surface area contributed by atoms with E-state index in [0.717, 1.165) is 5.56 Å². The second kappa shape index (κ2) is 4.20. The van der Waals surface area contributed by atoms with Gasteiger partial charge in [0.15, 0.2) is 6.10 Å². The van der Waals surface area contributed by atoms with Crippen molar-refractivity contribution in [3.63, 3.8) is 0 Å². The molecule has 2 aromatic heterocycles. The van der Waals surface area contributed by atoms with Gasteiger partial charge in [0.2, 0.25) is 0 Å². The Morgan fingerprint density at radius 1 is 1.37 bits per heavy atom. The van der Waals surface area contributed by atoms with Gasteiger partial charge in [-0.05, 0) is 31.2 Å². The number of hydrogen-bond acceptors (Lipinski definition) is 3. The number of furan rings is 1. The van der Waals surface area contributed by atoms with Gasteiger partial charge >= 0.3 is 0 Å². The molecule has 0 aliphatic carbocycles. The molecule has 0 bridgehead atoms. The SMILES string of the molecule is Cc1c(C(O)c2ccn(C)n2)oc2ccc(F)cc12. The minimum atomic E-state index is -0.948. The van der Waals surface area contributed by atoms with Gasteiger partial charge < -0.3 is 9.52 Å². The van der Waals surface area contributed by atoms with Crippen LogP contribution in [0.1, 0.15) is 23.1 Å². The van der Waals surface area contributed by atoms with Gasteiger partial charge in [-0.2, -0.15) is 5.10 Å². The van der Waals surface area contributed by atoms with Gasteiger partial charge in [-0.1, -0.05) is 0 Å². The van der Waals surface area contributed by atoms with E-state index >= 15 is 0 Å². The van der Waals surface area contributed by atoms with Crippen LogP contribution in [0.15, 0.2) is 34.9 Å². The van der Waals surface area contributed by atoms with Crippen LogP contribution in [-0.4, -0.2) is 14.9 Å². The summed E-state index contributed by atoms with van der Waals surface area (Å²) in [6.45, 7) is 1.80. The molecule has 0 spiro atoms. The maximum absolute atomic E-state index is 13.2. The normalized spacial score (nSPS) is 13.1. The van der Waals surface area contributed by atoms with Crippen LogP contribution in [0.5, 0.6) is 0 Å². The fraction of sp³-hybridized carbons (Fsp3) is 0.214. The number of nitrogens with zero attached hydrogens (tertiary/aromatic N) is 2. The van der Waals surface area contributed by atoms with Crippen molar-refractivity contribution in [3.8, 4) is 0 Å². The highest BCUT2D eigenvalue weighted by Gasteiger charge is 2.21. The molecule has 0 aliphatic rings. The first-order valence-corrected chi connectivity index (χ1v) is 5.92. The number of aliphatic hydroxyl groups excluding tert-OH is 1. The topological polar surface area (TPSA) is 51.2 Å². The van der Waals surface area contributed by atoms with E-state index in [9.17, 15) is 9.50 Å². The number of halogens is 1. The maximum Gasteiger partial charge on any atom is 0.156 e. The molecule has 0 saturated carbocycles. The van der Waals surface area contributed by atoms with Gasteiger partial charge in [0.05, 0.1) is 5.69 Å². The molecular weight excluding hydrogens is 247 g/mol. The quantitative estimate of drug-likeness (QED) is 0.770. The van der Waals surface area contributed by atoms with Gasteiger partial charge in [0.25, 0.3) is 0 Å². The lowest BCUT2D eigenvalue weighted by Gasteiger charge is -2.05. The molecule has 0 fully saturated rings. The van der Waals surface area contributed by atoms with E-state index in [1.54, 1.807) is 37.0 Å². The Balaban J connectivity index is 2.12. The Kier molecular flexibility index (Phi) is 2.64. The number of fused-ring (bicyclic) bond motifs is 1. The summed E-state index contributed by atoms with van der Waals surface area (Å²) in [6, 6.07) is 6.02. The largest absolute Gasteiger partial charge is 0.458 e. The first kappa shape index (κ1) is 11.9. The fourth-order valence-electron chi connectivity index (χ4n) is 2.19. The average Bonchev–Trinajstić information content (AvgIpc) is 2.94. The fourth-order valence-corrected chi connectivity index (χ4v) is 2.19. The van der Waals surface area contributed by atoms with Crippen LogP contribution in [0.25, 0.3) is 11.0 Å². The van der Waals surface area contributed by atoms with Crippen LogP contribution in [0.2, 0.25) is 0 Å². The summed E-state index contributed by atoms with van der Waals surface area (Å²) in [6.07, 6.45) is 0.799. The third kappa shape index (κ3) is 1.92. The first-order chi connectivity index (χ1) is 9.06. The smallest absolute Gasteiger partial charge is 0.156 e. The van der Waals surface area contributed by atoms with E-state index < -0.39 is 6.10 Å². The van der Waals surface area contributed by atoms with Crippen molar-refractivity contribution in [2.75, 3.05) is 0 Å². The number of aromatic nitrogens is 2. The van der Waals surface area contributed by atoms with Crippen LogP contribution in [0.4, 0.5) is 4.39 Å². The molecule has 1 unspecified atom stereocenters. The van der Waals surface area contributed by atoms with Crippen molar-refractivity contribution in [2.24, 2.45) is 7.05 Å². The summed E-state index contributed by atoms with van der Waals surface area (Å²) >= 11 is 0. The first-order valence-electron chi connectivity index (χ1n) is 5.92. The van der Waals surface area contributed by atoms with E-state index in [2.05, 4.69) is 5.10 Å². The van der Waals surface area contributed by atoms with Crippen molar-refractivity contribution in [1.29, 1.82) is 0 Å². The zero-order valence-corrected chi connectivity index (χ0v) is 10.6. The zero-order chi connectivity index (χ0) is 13.6. The summed E-state index contributed by atoms with van der Waals surface area (Å²) < 4.78 is 20.5. The lowest BCUT2D eigenvalue weighted by molar-refractivity contribution is 0.186. The van der Waals surface area contributed by atoms with Gasteiger partial charge in [-0.25, -0.2) is 4.39 Å². The summed E-state index contributed by atoms with van der Waals surface area (Å²) in [5.74, 6) is 0.0783. The van der Waals surface area contributed by atoms with Crippen molar-refractivity contribution in [2.45, 2.75) is 13.0 Å². The van der Waals surface area contributed by atoms with Crippen LogP contribution in [0.3, 0.4) is 0 Å². The monoisotopic (exact) mass is 260 g/mol. The summed E-state index contributed by atoms with van der Waals surface area (Å²) in [4.78, 5) is 0. The van der Waals surface area contributed by atoms with Crippen molar-refractivity contribution in [1.82, 2.24) is 9.78 Å². The number of aryl methyl sites for hydroxylation is 2. The van der Waals surface area contributed by atoms with Gasteiger partial charge in [-0.3, -0.25) is 4.68 Å². The Morgan fingerprint density at radius 3 is 2.84 bits per heavy atom. The molecule has 2 heterocycles. The zero-order valence-electron chi connectivity index (χ0n) is 10.6. The van der Waals surface area contributed by atoms with Crippen LogP contribution < -0.4 is 0 Å². The second-order valence-electron chi connectivity index (χ2n) is 4.55. The molecule has 98 valence electrons. The molecule has 19 heavy (non-hydrogen) atoms. The van der Waals surface area contributed by atoms with E-state index in [-0.39, 0.29) is 5.82 Å². The third-order valence-electron chi connectivity index (χ3n) is 3.20. The highest BCUT2D eigenvalue weighted by atomic mass is 19.1. The summed E-state index contributed by atoms with van der Waals surface area (Å²) in [5.41, 5.74) is 1.79. The summed E-state index contributed by atoms with van der Waals surface area (Å²) in [7, 11) is 1.77. The summed E-state index contributed by atoms with van der Waals surface area (Å²) in [5, 5.41) is 15.1. The number of rotatable bonds is 2. The Hall–Kier alpha value is -2.14. The predicted molar refractivity (Wildman–Crippen MR) is 68.2 cm³/mol. The van der Waals surface area contributed by atoms with Crippen LogP contribution in [0, 0.1) is 12.7 Å². The van der Waals surface area contributed by atoms with E-state index in [0.29, 0.717) is 22.4 Å². The molecule has 3 rings (SSSR count). The van der Waals surface area contributed by atoms with Crippen molar-refractivity contribution < 1.29 is 13.9 Å². The molecule has 4 nitrogen and oxygen atoms in total. The molecule has 1 aromatic carbocycles. The van der Waals surface area contributed by atoms with Crippen molar-refractivity contribution >= 4 is 11.0 Å². The lowest BCUT2D eigenvalue weighted by atomic mass is 10.1. The Bertz CT molecular complexity index is 745. The molecule has 0 aliphatic heterocycles. The minimum Gasteiger partial charge on any atom is -0.458 e. The van der Waals surface area contributed by atoms with E-state index in [1.165, 1.54) is 12.1 Å². The van der Waals surface area contributed by atoms with Crippen LogP contribution in [-0.2, 0) is 7.05 Å². The van der Waals surface area contributed by atoms with Gasteiger partial charge in [-0.15, -0.1) is 0 Å². The predicted octanol–water partition coefficient (Wildman–Crippen LogP) is 2.70. The molecule has 1 atom stereocenters. The molecular formula is C14H13FN2O2. The Labute approximate surface area is 109 Å². The maximum atomic E-state index is 13.2. The standard InChI is InChI=1S/C14H13FN2O2/c1-8-10-7-9(15)3-4-12(10)19-14(8)13(18)11-5-6-17(2)16-11/h3-7,13,18H,1-2H3. The third-order valence-corrected chi connectivity index (χ3v) is 3.20. The molecule has 0 radical (unpaired) electrons. The van der Waals surface area contributed by atoms with E-state index in [4.69, 9.17) is 4.42 Å². The highest BCUT2D eigenvalue weighted by molar-refractivity contribution is 5.82. The van der Waals surface area contributed by atoms with Gasteiger partial charge in [0, 0.05) is 24.2 Å². The molecule has 3 aromatic rings. The second-order valence-corrected chi connectivity index (χ2v) is 4.55. The minimum absolute atomic E-state index is 0.324. The molecule has 0 saturated heterocycles. The highest BCUT2D eigenvalue weighted by Crippen LogP contribution is 2.32. The van der Waals surface area contributed by atoms with E-state index in [1.807, 2.05) is 0 Å². The lowest BCUT2D eigenvalue weighted by Crippen LogP contribution is -2.02. The molecule has 0 amide bonds. The molecule has 5 heteroatoms. The van der Waals surface area contributed by atoms with Crippen molar-refractivity contribution in [3.05, 3.63) is 53.3 Å². The average molecular weight is 260 g/mol. The van der Waals surface area contributed by atoms with Gasteiger partial charge in [0.1, 0.15) is 17.2 Å². The number of hydrogen-bond donors (Lipinski definition) is 1.